The van der Waals surface area contributed by atoms with Gasteiger partial charge in [-0.25, -0.2) is 4.99 Å². The van der Waals surface area contributed by atoms with Crippen LogP contribution < -0.4 is 5.32 Å². The molecule has 0 saturated carbocycles. The van der Waals surface area contributed by atoms with Crippen LogP contribution in [0.25, 0.3) is 0 Å². The van der Waals surface area contributed by atoms with Gasteiger partial charge in [0.15, 0.2) is 5.96 Å². The number of piperidine rings is 1. The zero-order chi connectivity index (χ0) is 17.4. The quantitative estimate of drug-likeness (QED) is 0.284. The number of hydrogen-bond donors (Lipinski definition) is 1. The maximum absolute atomic E-state index is 10.7. The molecule has 0 bridgehead atoms. The molecule has 1 aromatic carbocycles. The lowest BCUT2D eigenvalue weighted by Gasteiger charge is -2.33. The lowest BCUT2D eigenvalue weighted by Crippen LogP contribution is -2.46. The minimum absolute atomic E-state index is 0.103. The molecule has 0 atom stereocenters. The SMILES string of the molecule is COCCNC(=NCc1ccc([N+](=O)[O-])cc1)N1CCC(C)CC1. The highest BCUT2D eigenvalue weighted by Crippen LogP contribution is 2.17. The number of nitrogens with one attached hydrogen (secondary N) is 1. The number of ether oxygens (including phenoxy) is 1. The maximum atomic E-state index is 10.7. The van der Waals surface area contributed by atoms with Crippen molar-refractivity contribution in [1.82, 2.24) is 10.2 Å². The van der Waals surface area contributed by atoms with Gasteiger partial charge in [0.05, 0.1) is 18.1 Å². The van der Waals surface area contributed by atoms with E-state index < -0.39 is 0 Å². The highest BCUT2D eigenvalue weighted by atomic mass is 16.6. The number of nitrogens with zero attached hydrogens (tertiary/aromatic N) is 3. The van der Waals surface area contributed by atoms with E-state index >= 15 is 0 Å². The van der Waals surface area contributed by atoms with Gasteiger partial charge >= 0.3 is 0 Å². The van der Waals surface area contributed by atoms with Gasteiger partial charge in [-0.1, -0.05) is 19.1 Å². The summed E-state index contributed by atoms with van der Waals surface area (Å²) in [6.45, 7) is 6.12. The molecule has 2 rings (SSSR count). The molecule has 24 heavy (non-hydrogen) atoms. The average Bonchev–Trinajstić information content (AvgIpc) is 2.59. The van der Waals surface area contributed by atoms with Crippen molar-refractivity contribution in [3.05, 3.63) is 39.9 Å². The molecule has 1 aliphatic rings. The normalized spacial score (nSPS) is 16.2. The molecule has 1 saturated heterocycles. The summed E-state index contributed by atoms with van der Waals surface area (Å²) in [6, 6.07) is 6.55. The van der Waals surface area contributed by atoms with Crippen LogP contribution >= 0.6 is 0 Å². The van der Waals surface area contributed by atoms with Crippen molar-refractivity contribution in [1.29, 1.82) is 0 Å². The number of rotatable bonds is 6. The third kappa shape index (κ3) is 5.49. The minimum Gasteiger partial charge on any atom is -0.383 e. The Kier molecular flexibility index (Phi) is 6.99. The Morgan fingerprint density at radius 3 is 2.62 bits per heavy atom. The second-order valence-corrected chi connectivity index (χ2v) is 6.15. The number of benzene rings is 1. The first-order valence-electron chi connectivity index (χ1n) is 8.35. The zero-order valence-corrected chi connectivity index (χ0v) is 14.4. The standard InChI is InChI=1S/C17H26N4O3/c1-14-7-10-20(11-8-14)17(18-9-12-24-2)19-13-15-3-5-16(6-4-15)21(22)23/h3-6,14H,7-13H2,1-2H3,(H,18,19). The van der Waals surface area contributed by atoms with Crippen LogP contribution in [-0.4, -0.2) is 49.1 Å². The van der Waals surface area contributed by atoms with E-state index in [1.54, 1.807) is 19.2 Å². The zero-order valence-electron chi connectivity index (χ0n) is 14.4. The average molecular weight is 334 g/mol. The third-order valence-electron chi connectivity index (χ3n) is 4.23. The van der Waals surface area contributed by atoms with Crippen LogP contribution in [0.3, 0.4) is 0 Å². The topological polar surface area (TPSA) is 80.0 Å². The fraction of sp³-hybridized carbons (Fsp3) is 0.588. The van der Waals surface area contributed by atoms with Crippen molar-refractivity contribution < 1.29 is 9.66 Å². The number of aliphatic imine (C=N–C) groups is 1. The summed E-state index contributed by atoms with van der Waals surface area (Å²) >= 11 is 0. The Hall–Kier alpha value is -2.15. The van der Waals surface area contributed by atoms with Crippen LogP contribution in [0.1, 0.15) is 25.3 Å². The number of guanidine groups is 1. The molecule has 7 heteroatoms. The third-order valence-corrected chi connectivity index (χ3v) is 4.23. The van der Waals surface area contributed by atoms with Crippen molar-refractivity contribution in [3.63, 3.8) is 0 Å². The predicted octanol–water partition coefficient (Wildman–Crippen LogP) is 2.42. The predicted molar refractivity (Wildman–Crippen MR) is 94.1 cm³/mol. The van der Waals surface area contributed by atoms with Gasteiger partial charge in [-0.15, -0.1) is 0 Å². The van der Waals surface area contributed by atoms with Gasteiger partial charge in [0, 0.05) is 38.9 Å². The Morgan fingerprint density at radius 1 is 1.38 bits per heavy atom. The van der Waals surface area contributed by atoms with Crippen LogP contribution in [0, 0.1) is 16.0 Å². The van der Waals surface area contributed by atoms with Crippen LogP contribution in [-0.2, 0) is 11.3 Å². The molecule has 1 aromatic rings. The van der Waals surface area contributed by atoms with Gasteiger partial charge in [0.2, 0.25) is 0 Å². The molecule has 1 aliphatic heterocycles. The van der Waals surface area contributed by atoms with E-state index in [0.29, 0.717) is 19.7 Å². The van der Waals surface area contributed by atoms with Gasteiger partial charge in [0.25, 0.3) is 5.69 Å². The molecular weight excluding hydrogens is 308 g/mol. The smallest absolute Gasteiger partial charge is 0.269 e. The van der Waals surface area contributed by atoms with Crippen molar-refractivity contribution in [2.75, 3.05) is 33.4 Å². The first kappa shape index (κ1) is 18.2. The number of methoxy groups -OCH3 is 1. The second kappa shape index (κ2) is 9.22. The summed E-state index contributed by atoms with van der Waals surface area (Å²) in [6.07, 6.45) is 2.34. The Balaban J connectivity index is 2.01. The summed E-state index contributed by atoms with van der Waals surface area (Å²) in [5.74, 6) is 1.65. The molecule has 0 aliphatic carbocycles. The van der Waals surface area contributed by atoms with Crippen LogP contribution in [0.15, 0.2) is 29.3 Å². The summed E-state index contributed by atoms with van der Waals surface area (Å²) in [7, 11) is 1.68. The first-order valence-corrected chi connectivity index (χ1v) is 8.35. The van der Waals surface area contributed by atoms with Gasteiger partial charge < -0.3 is 15.0 Å². The summed E-state index contributed by atoms with van der Waals surface area (Å²) in [4.78, 5) is 17.3. The van der Waals surface area contributed by atoms with Gasteiger partial charge in [-0.3, -0.25) is 10.1 Å². The number of likely N-dealkylation sites (tertiary alicyclic amines) is 1. The van der Waals surface area contributed by atoms with Gasteiger partial charge in [0.1, 0.15) is 0 Å². The van der Waals surface area contributed by atoms with E-state index in [1.165, 1.54) is 25.0 Å². The van der Waals surface area contributed by atoms with Crippen molar-refractivity contribution in [3.8, 4) is 0 Å². The van der Waals surface area contributed by atoms with E-state index in [9.17, 15) is 10.1 Å². The first-order chi connectivity index (χ1) is 11.6. The second-order valence-electron chi connectivity index (χ2n) is 6.15. The minimum atomic E-state index is -0.389. The van der Waals surface area contributed by atoms with Crippen LogP contribution in [0.2, 0.25) is 0 Å². The summed E-state index contributed by atoms with van der Waals surface area (Å²) in [5.41, 5.74) is 1.06. The largest absolute Gasteiger partial charge is 0.383 e. The Bertz CT molecular complexity index is 551. The van der Waals surface area contributed by atoms with Gasteiger partial charge in [-0.05, 0) is 24.3 Å². The lowest BCUT2D eigenvalue weighted by atomic mass is 10.00. The molecule has 1 heterocycles. The Morgan fingerprint density at radius 2 is 2.04 bits per heavy atom. The summed E-state index contributed by atoms with van der Waals surface area (Å²) < 4.78 is 5.10. The number of nitro groups is 1. The molecule has 0 unspecified atom stereocenters. The molecule has 1 N–H and O–H groups in total. The number of non-ortho nitro benzene ring substituents is 1. The van der Waals surface area contributed by atoms with Crippen LogP contribution in [0.4, 0.5) is 5.69 Å². The van der Waals surface area contributed by atoms with E-state index in [2.05, 4.69) is 17.1 Å². The molecule has 7 nitrogen and oxygen atoms in total. The molecule has 0 spiro atoms. The van der Waals surface area contributed by atoms with E-state index in [-0.39, 0.29) is 10.6 Å². The van der Waals surface area contributed by atoms with Gasteiger partial charge in [-0.2, -0.15) is 0 Å². The van der Waals surface area contributed by atoms with Crippen molar-refractivity contribution in [2.24, 2.45) is 10.9 Å². The van der Waals surface area contributed by atoms with Crippen molar-refractivity contribution >= 4 is 11.6 Å². The lowest BCUT2D eigenvalue weighted by molar-refractivity contribution is -0.384. The summed E-state index contributed by atoms with van der Waals surface area (Å²) in [5, 5.41) is 14.1. The number of hydrogen-bond acceptors (Lipinski definition) is 4. The molecule has 1 fully saturated rings. The van der Waals surface area contributed by atoms with Crippen LogP contribution in [0.5, 0.6) is 0 Å². The maximum Gasteiger partial charge on any atom is 0.269 e. The van der Waals surface area contributed by atoms with E-state index in [0.717, 1.165) is 30.5 Å². The number of nitro benzene ring substituents is 1. The molecule has 0 radical (unpaired) electrons. The fourth-order valence-electron chi connectivity index (χ4n) is 2.64. The molecule has 0 aromatic heterocycles. The Labute approximate surface area is 142 Å². The molecule has 0 amide bonds. The fourth-order valence-corrected chi connectivity index (χ4v) is 2.64. The van der Waals surface area contributed by atoms with E-state index in [4.69, 9.17) is 9.73 Å². The van der Waals surface area contributed by atoms with E-state index in [1.807, 2.05) is 0 Å². The highest BCUT2D eigenvalue weighted by molar-refractivity contribution is 5.80. The highest BCUT2D eigenvalue weighted by Gasteiger charge is 2.18. The van der Waals surface area contributed by atoms with Crippen molar-refractivity contribution in [2.45, 2.75) is 26.3 Å². The molecular formula is C17H26N4O3. The monoisotopic (exact) mass is 334 g/mol. The molecule has 132 valence electrons.